The van der Waals surface area contributed by atoms with Crippen molar-refractivity contribution >= 4 is 28.2 Å². The van der Waals surface area contributed by atoms with Crippen molar-refractivity contribution in [2.75, 3.05) is 30.7 Å². The van der Waals surface area contributed by atoms with Crippen LogP contribution in [0.2, 0.25) is 0 Å². The number of fused-ring (bicyclic) bond motifs is 2. The van der Waals surface area contributed by atoms with E-state index in [4.69, 9.17) is 21.1 Å². The SMILES string of the molecule is FC(F)CN(CCCl)c1nccc2cc3c(cc12)OCO3. The first kappa shape index (κ1) is 14.1. The van der Waals surface area contributed by atoms with Crippen LogP contribution >= 0.6 is 11.6 Å². The number of nitrogens with zero attached hydrogens (tertiary/aromatic N) is 2. The molecule has 4 nitrogen and oxygen atoms in total. The second-order valence-corrected chi connectivity index (χ2v) is 4.97. The lowest BCUT2D eigenvalue weighted by Gasteiger charge is -2.23. The van der Waals surface area contributed by atoms with Gasteiger partial charge in [-0.15, -0.1) is 11.6 Å². The summed E-state index contributed by atoms with van der Waals surface area (Å²) >= 11 is 5.72. The van der Waals surface area contributed by atoms with Gasteiger partial charge in [-0.25, -0.2) is 13.8 Å². The van der Waals surface area contributed by atoms with Crippen molar-refractivity contribution in [2.24, 2.45) is 0 Å². The lowest BCUT2D eigenvalue weighted by Crippen LogP contribution is -2.31. The summed E-state index contributed by atoms with van der Waals surface area (Å²) in [6.07, 6.45) is -0.869. The molecule has 0 amide bonds. The lowest BCUT2D eigenvalue weighted by molar-refractivity contribution is 0.155. The van der Waals surface area contributed by atoms with Crippen molar-refractivity contribution < 1.29 is 18.3 Å². The fourth-order valence-electron chi connectivity index (χ4n) is 2.35. The van der Waals surface area contributed by atoms with Gasteiger partial charge < -0.3 is 14.4 Å². The van der Waals surface area contributed by atoms with Crippen LogP contribution in [0.15, 0.2) is 24.4 Å². The molecule has 1 aliphatic heterocycles. The van der Waals surface area contributed by atoms with Gasteiger partial charge in [0.1, 0.15) is 5.82 Å². The highest BCUT2D eigenvalue weighted by Crippen LogP contribution is 2.38. The van der Waals surface area contributed by atoms with Crippen molar-refractivity contribution in [1.82, 2.24) is 4.98 Å². The molecule has 3 rings (SSSR count). The topological polar surface area (TPSA) is 34.6 Å². The van der Waals surface area contributed by atoms with Gasteiger partial charge in [0.25, 0.3) is 6.43 Å². The minimum atomic E-state index is -2.46. The lowest BCUT2D eigenvalue weighted by atomic mass is 10.1. The molecule has 21 heavy (non-hydrogen) atoms. The summed E-state index contributed by atoms with van der Waals surface area (Å²) in [7, 11) is 0. The zero-order chi connectivity index (χ0) is 14.8. The molecule has 0 fully saturated rings. The van der Waals surface area contributed by atoms with Gasteiger partial charge in [0.05, 0.1) is 6.54 Å². The Morgan fingerprint density at radius 1 is 1.29 bits per heavy atom. The summed E-state index contributed by atoms with van der Waals surface area (Å²) in [5.74, 6) is 1.97. The maximum absolute atomic E-state index is 12.8. The molecule has 0 atom stereocenters. The van der Waals surface area contributed by atoms with Crippen molar-refractivity contribution in [1.29, 1.82) is 0 Å². The Morgan fingerprint density at radius 2 is 2.05 bits per heavy atom. The highest BCUT2D eigenvalue weighted by Gasteiger charge is 2.20. The molecule has 1 aliphatic rings. The molecule has 0 radical (unpaired) electrons. The van der Waals surface area contributed by atoms with E-state index in [-0.39, 0.29) is 12.7 Å². The number of rotatable bonds is 5. The van der Waals surface area contributed by atoms with E-state index in [1.807, 2.05) is 12.1 Å². The van der Waals surface area contributed by atoms with E-state index in [2.05, 4.69) is 4.98 Å². The quantitative estimate of drug-likeness (QED) is 0.793. The smallest absolute Gasteiger partial charge is 0.255 e. The van der Waals surface area contributed by atoms with Crippen molar-refractivity contribution in [3.63, 3.8) is 0 Å². The first-order valence-corrected chi connectivity index (χ1v) is 7.00. The molecule has 112 valence electrons. The number of halogens is 3. The van der Waals surface area contributed by atoms with Crippen LogP contribution in [0, 0.1) is 0 Å². The highest BCUT2D eigenvalue weighted by molar-refractivity contribution is 6.18. The maximum Gasteiger partial charge on any atom is 0.255 e. The molecule has 0 bridgehead atoms. The summed E-state index contributed by atoms with van der Waals surface area (Å²) in [5, 5.41) is 1.60. The molecular weight excluding hydrogens is 302 g/mol. The van der Waals surface area contributed by atoms with E-state index < -0.39 is 13.0 Å². The second kappa shape index (κ2) is 5.89. The standard InChI is InChI=1S/C14H13ClF2N2O2/c15-2-4-19(7-13(16)17)14-10-6-12-11(20-8-21-12)5-9(10)1-3-18-14/h1,3,5-6,13H,2,4,7-8H2. The van der Waals surface area contributed by atoms with Gasteiger partial charge in [-0.2, -0.15) is 0 Å². The van der Waals surface area contributed by atoms with Crippen molar-refractivity contribution in [3.05, 3.63) is 24.4 Å². The minimum Gasteiger partial charge on any atom is -0.454 e. The Balaban J connectivity index is 2.08. The molecule has 0 spiro atoms. The number of hydrogen-bond donors (Lipinski definition) is 0. The molecule has 2 aromatic rings. The predicted octanol–water partition coefficient (Wildman–Crippen LogP) is 3.27. The van der Waals surface area contributed by atoms with Crippen LogP contribution in [-0.4, -0.2) is 37.2 Å². The third-order valence-electron chi connectivity index (χ3n) is 3.25. The molecule has 0 unspecified atom stereocenters. The van der Waals surface area contributed by atoms with Crippen LogP contribution in [0.1, 0.15) is 0 Å². The summed E-state index contributed by atoms with van der Waals surface area (Å²) < 4.78 is 36.2. The number of ether oxygens (including phenoxy) is 2. The molecule has 1 aromatic heterocycles. The average Bonchev–Trinajstić information content (AvgIpc) is 2.90. The van der Waals surface area contributed by atoms with E-state index in [1.54, 1.807) is 12.3 Å². The van der Waals surface area contributed by atoms with Crippen LogP contribution < -0.4 is 14.4 Å². The highest BCUT2D eigenvalue weighted by atomic mass is 35.5. The largest absolute Gasteiger partial charge is 0.454 e. The number of benzene rings is 1. The van der Waals surface area contributed by atoms with E-state index in [0.717, 1.165) is 10.8 Å². The Bertz CT molecular complexity index is 654. The number of aromatic nitrogens is 1. The molecule has 0 saturated heterocycles. The van der Waals surface area contributed by atoms with Gasteiger partial charge >= 0.3 is 0 Å². The number of pyridine rings is 1. The minimum absolute atomic E-state index is 0.164. The summed E-state index contributed by atoms with van der Waals surface area (Å²) in [6.45, 7) is 0.0522. The molecular formula is C14H13ClF2N2O2. The summed E-state index contributed by atoms with van der Waals surface area (Å²) in [4.78, 5) is 5.73. The third kappa shape index (κ3) is 2.81. The molecule has 2 heterocycles. The zero-order valence-electron chi connectivity index (χ0n) is 11.1. The number of hydrogen-bond acceptors (Lipinski definition) is 4. The van der Waals surface area contributed by atoms with E-state index in [0.29, 0.717) is 23.9 Å². The Hall–Kier alpha value is -1.82. The second-order valence-electron chi connectivity index (χ2n) is 4.59. The van der Waals surface area contributed by atoms with E-state index in [9.17, 15) is 8.78 Å². The third-order valence-corrected chi connectivity index (χ3v) is 3.42. The normalized spacial score (nSPS) is 13.1. The van der Waals surface area contributed by atoms with Crippen LogP contribution in [0.4, 0.5) is 14.6 Å². The van der Waals surface area contributed by atoms with Gasteiger partial charge in [-0.05, 0) is 23.6 Å². The molecule has 0 saturated carbocycles. The summed E-state index contributed by atoms with van der Waals surface area (Å²) in [5.41, 5.74) is 0. The fraction of sp³-hybridized carbons (Fsp3) is 0.357. The van der Waals surface area contributed by atoms with Crippen LogP contribution in [0.5, 0.6) is 11.5 Å². The number of anilines is 1. The zero-order valence-corrected chi connectivity index (χ0v) is 11.8. The van der Waals surface area contributed by atoms with Crippen LogP contribution in [0.3, 0.4) is 0 Å². The van der Waals surface area contributed by atoms with Crippen molar-refractivity contribution in [3.8, 4) is 11.5 Å². The van der Waals surface area contributed by atoms with Gasteiger partial charge in [0, 0.05) is 24.0 Å². The molecule has 0 N–H and O–H groups in total. The van der Waals surface area contributed by atoms with E-state index in [1.165, 1.54) is 4.90 Å². The Morgan fingerprint density at radius 3 is 2.76 bits per heavy atom. The van der Waals surface area contributed by atoms with Crippen LogP contribution in [-0.2, 0) is 0 Å². The molecule has 1 aromatic carbocycles. The van der Waals surface area contributed by atoms with Crippen LogP contribution in [0.25, 0.3) is 10.8 Å². The molecule has 7 heteroatoms. The first-order valence-electron chi connectivity index (χ1n) is 6.46. The monoisotopic (exact) mass is 314 g/mol. The van der Waals surface area contributed by atoms with E-state index >= 15 is 0 Å². The first-order chi connectivity index (χ1) is 10.2. The average molecular weight is 315 g/mol. The van der Waals surface area contributed by atoms with Gasteiger partial charge in [-0.1, -0.05) is 0 Å². The van der Waals surface area contributed by atoms with Gasteiger partial charge in [0.2, 0.25) is 6.79 Å². The fourth-order valence-corrected chi connectivity index (χ4v) is 2.56. The maximum atomic E-state index is 12.8. The van der Waals surface area contributed by atoms with Gasteiger partial charge in [0.15, 0.2) is 11.5 Å². The number of alkyl halides is 3. The Labute approximate surface area is 125 Å². The van der Waals surface area contributed by atoms with Gasteiger partial charge in [-0.3, -0.25) is 0 Å². The molecule has 0 aliphatic carbocycles. The Kier molecular flexibility index (Phi) is 3.96. The van der Waals surface area contributed by atoms with Crippen molar-refractivity contribution in [2.45, 2.75) is 6.43 Å². The summed E-state index contributed by atoms with van der Waals surface area (Å²) in [6, 6.07) is 5.40. The predicted molar refractivity (Wildman–Crippen MR) is 76.8 cm³/mol.